The monoisotopic (exact) mass is 220 g/mol. The van der Waals surface area contributed by atoms with Crippen LogP contribution in [0.1, 0.15) is 0 Å². The van der Waals surface area contributed by atoms with Gasteiger partial charge in [0, 0.05) is 6.20 Å². The lowest BCUT2D eigenvalue weighted by atomic mass is 10.5. The van der Waals surface area contributed by atoms with E-state index in [4.69, 9.17) is 0 Å². The highest BCUT2D eigenvalue weighted by Crippen LogP contribution is 2.53. The van der Waals surface area contributed by atoms with E-state index in [0.717, 1.165) is 6.08 Å². The van der Waals surface area contributed by atoms with Crippen molar-refractivity contribution in [3.8, 4) is 0 Å². The summed E-state index contributed by atoms with van der Waals surface area (Å²) in [5.74, 6) is 0. The topological polar surface area (TPSA) is 28.7 Å². The molecule has 0 aliphatic carbocycles. The first-order chi connectivity index (χ1) is 6.59. The van der Waals surface area contributed by atoms with Crippen molar-refractivity contribution in [2.45, 2.75) is 11.2 Å². The summed E-state index contributed by atoms with van der Waals surface area (Å²) in [5.41, 5.74) is 0. The van der Waals surface area contributed by atoms with Crippen molar-refractivity contribution in [1.82, 2.24) is 10.2 Å². The number of hydrogen-bond acceptors (Lipinski definition) is 1. The Bertz CT molecular complexity index is 378. The fourth-order valence-corrected chi connectivity index (χ4v) is 2.94. The van der Waals surface area contributed by atoms with Crippen LogP contribution in [0.15, 0.2) is 39.8 Å². The molecule has 0 aromatic carbocycles. The molecule has 2 rings (SSSR count). The number of nitrogens with one attached hydrogen (secondary N) is 1. The van der Waals surface area contributed by atoms with Crippen LogP contribution in [0.3, 0.4) is 0 Å². The van der Waals surface area contributed by atoms with E-state index >= 15 is 0 Å². The summed E-state index contributed by atoms with van der Waals surface area (Å²) in [4.78, 5) is -0.500. The van der Waals surface area contributed by atoms with Gasteiger partial charge in [-0.15, -0.1) is 0 Å². The minimum atomic E-state index is -4.26. The van der Waals surface area contributed by atoms with E-state index in [9.17, 15) is 13.2 Å². The highest BCUT2D eigenvalue weighted by atomic mass is 32.2. The van der Waals surface area contributed by atoms with Gasteiger partial charge in [-0.1, -0.05) is 6.08 Å². The number of alkyl halides is 3. The molecule has 1 atom stereocenters. The number of nitrogens with zero attached hydrogens (tertiary/aromatic N) is 1. The number of hydrogen-bond donors (Lipinski definition) is 2. The Kier molecular flexibility index (Phi) is 2.14. The number of rotatable bonds is 1. The molecule has 0 saturated carbocycles. The number of aromatic nitrogens is 2. The standard InChI is InChI=1S/C8H7F3N2S/c9-8(10,11)6-2-1-5-14(6)7-3-4-12-13-7/h1-5,14H,(H,12,13). The second kappa shape index (κ2) is 3.20. The minimum Gasteiger partial charge on any atom is -0.285 e. The van der Waals surface area contributed by atoms with Crippen LogP contribution in [0.4, 0.5) is 13.2 Å². The van der Waals surface area contributed by atoms with Crippen LogP contribution >= 0.6 is 10.9 Å². The van der Waals surface area contributed by atoms with Crippen LogP contribution in [-0.2, 0) is 0 Å². The molecule has 6 heteroatoms. The molecule has 2 heterocycles. The molecule has 1 N–H and O–H groups in total. The number of halogens is 3. The lowest BCUT2D eigenvalue weighted by molar-refractivity contribution is -0.0836. The van der Waals surface area contributed by atoms with Gasteiger partial charge in [0.05, 0.1) is 4.91 Å². The molecule has 0 spiro atoms. The minimum absolute atomic E-state index is 0.456. The van der Waals surface area contributed by atoms with E-state index in [-0.39, 0.29) is 0 Å². The van der Waals surface area contributed by atoms with E-state index in [2.05, 4.69) is 10.2 Å². The van der Waals surface area contributed by atoms with Crippen molar-refractivity contribution in [1.29, 1.82) is 0 Å². The fourth-order valence-electron chi connectivity index (χ4n) is 1.20. The van der Waals surface area contributed by atoms with Crippen LogP contribution in [0.25, 0.3) is 0 Å². The Hall–Kier alpha value is -1.17. The highest BCUT2D eigenvalue weighted by molar-refractivity contribution is 8.23. The van der Waals surface area contributed by atoms with E-state index in [1.165, 1.54) is 12.3 Å². The van der Waals surface area contributed by atoms with Crippen LogP contribution in [0, 0.1) is 0 Å². The average Bonchev–Trinajstić information content (AvgIpc) is 2.73. The van der Waals surface area contributed by atoms with Crippen molar-refractivity contribution < 1.29 is 13.2 Å². The Morgan fingerprint density at radius 1 is 1.36 bits per heavy atom. The summed E-state index contributed by atoms with van der Waals surface area (Å²) in [6, 6.07) is 1.57. The summed E-state index contributed by atoms with van der Waals surface area (Å²) in [5, 5.41) is 8.30. The van der Waals surface area contributed by atoms with E-state index in [1.807, 2.05) is 0 Å². The average molecular weight is 220 g/mol. The van der Waals surface area contributed by atoms with E-state index < -0.39 is 22.0 Å². The third-order valence-corrected chi connectivity index (χ3v) is 3.91. The first-order valence-corrected chi connectivity index (χ1v) is 5.25. The molecule has 1 aliphatic heterocycles. The lowest BCUT2D eigenvalue weighted by Gasteiger charge is -2.17. The molecule has 1 unspecified atom stereocenters. The van der Waals surface area contributed by atoms with Gasteiger partial charge in [-0.2, -0.15) is 29.2 Å². The van der Waals surface area contributed by atoms with Gasteiger partial charge in [0.15, 0.2) is 0 Å². The molecule has 0 fully saturated rings. The van der Waals surface area contributed by atoms with Crippen molar-refractivity contribution >= 4 is 10.9 Å². The van der Waals surface area contributed by atoms with Gasteiger partial charge in [-0.3, -0.25) is 5.10 Å². The van der Waals surface area contributed by atoms with Crippen molar-refractivity contribution in [3.63, 3.8) is 0 Å². The maximum Gasteiger partial charge on any atom is 0.421 e. The molecular formula is C8H7F3N2S. The molecule has 0 saturated heterocycles. The van der Waals surface area contributed by atoms with Gasteiger partial charge >= 0.3 is 6.18 Å². The van der Waals surface area contributed by atoms with E-state index in [0.29, 0.717) is 5.03 Å². The Morgan fingerprint density at radius 2 is 2.14 bits per heavy atom. The quantitative estimate of drug-likeness (QED) is 0.700. The largest absolute Gasteiger partial charge is 0.421 e. The number of aromatic amines is 1. The smallest absolute Gasteiger partial charge is 0.285 e. The molecule has 0 amide bonds. The Morgan fingerprint density at radius 3 is 2.71 bits per heavy atom. The number of H-pyrrole nitrogens is 1. The first-order valence-electron chi connectivity index (χ1n) is 3.84. The highest BCUT2D eigenvalue weighted by Gasteiger charge is 2.38. The third-order valence-electron chi connectivity index (χ3n) is 1.77. The normalized spacial score (nSPS) is 23.9. The van der Waals surface area contributed by atoms with Crippen LogP contribution in [0.5, 0.6) is 0 Å². The summed E-state index contributed by atoms with van der Waals surface area (Å²) < 4.78 is 37.4. The van der Waals surface area contributed by atoms with Crippen molar-refractivity contribution in [2.24, 2.45) is 0 Å². The zero-order chi connectivity index (χ0) is 10.2. The molecule has 1 aromatic heterocycles. The van der Waals surface area contributed by atoms with Gasteiger partial charge in [0.2, 0.25) is 0 Å². The summed E-state index contributed by atoms with van der Waals surface area (Å²) >= 11 is 0. The maximum atomic E-state index is 12.5. The zero-order valence-corrected chi connectivity index (χ0v) is 7.81. The summed E-state index contributed by atoms with van der Waals surface area (Å²) in [6.07, 6.45) is -0.185. The van der Waals surface area contributed by atoms with Gasteiger partial charge in [0.1, 0.15) is 5.03 Å². The van der Waals surface area contributed by atoms with Gasteiger partial charge < -0.3 is 0 Å². The van der Waals surface area contributed by atoms with Gasteiger partial charge in [-0.05, 0) is 17.6 Å². The molecule has 2 nitrogen and oxygen atoms in total. The molecule has 14 heavy (non-hydrogen) atoms. The predicted molar refractivity (Wildman–Crippen MR) is 49.1 cm³/mol. The molecule has 1 aromatic rings. The van der Waals surface area contributed by atoms with Gasteiger partial charge in [-0.25, -0.2) is 0 Å². The van der Waals surface area contributed by atoms with Gasteiger partial charge in [0.25, 0.3) is 0 Å². The molecule has 0 radical (unpaired) electrons. The van der Waals surface area contributed by atoms with Crippen LogP contribution in [-0.4, -0.2) is 16.4 Å². The fraction of sp³-hybridized carbons (Fsp3) is 0.125. The predicted octanol–water partition coefficient (Wildman–Crippen LogP) is 2.74. The third kappa shape index (κ3) is 1.57. The number of allylic oxidation sites excluding steroid dienone is 3. The first kappa shape index (κ1) is 9.39. The lowest BCUT2D eigenvalue weighted by Crippen LogP contribution is -2.10. The second-order valence-corrected chi connectivity index (χ2v) is 4.67. The van der Waals surface area contributed by atoms with E-state index in [1.54, 1.807) is 11.5 Å². The van der Waals surface area contributed by atoms with Crippen molar-refractivity contribution in [3.05, 3.63) is 34.7 Å². The summed E-state index contributed by atoms with van der Waals surface area (Å²) in [7, 11) is -1.44. The van der Waals surface area contributed by atoms with Crippen LogP contribution < -0.4 is 0 Å². The summed E-state index contributed by atoms with van der Waals surface area (Å²) in [6.45, 7) is 0. The number of thiol groups is 1. The zero-order valence-electron chi connectivity index (χ0n) is 6.92. The maximum absolute atomic E-state index is 12.5. The SMILES string of the molecule is FC(F)(F)C1=CC=C[SH]1c1cc[nH]n1. The van der Waals surface area contributed by atoms with Crippen LogP contribution in [0.2, 0.25) is 0 Å². The Labute approximate surface area is 80.9 Å². The molecular weight excluding hydrogens is 213 g/mol. The molecule has 76 valence electrons. The second-order valence-electron chi connectivity index (χ2n) is 2.69. The Balaban J connectivity index is 2.31. The van der Waals surface area contributed by atoms with Crippen molar-refractivity contribution in [2.75, 3.05) is 0 Å². The molecule has 0 bridgehead atoms. The molecule has 1 aliphatic rings.